The lowest BCUT2D eigenvalue weighted by molar-refractivity contribution is -0.115. The highest BCUT2D eigenvalue weighted by Crippen LogP contribution is 2.28. The molecule has 6 heteroatoms. The van der Waals surface area contributed by atoms with Crippen molar-refractivity contribution >= 4 is 23.4 Å². The molecular formula is C21H26N2O4. The van der Waals surface area contributed by atoms with Gasteiger partial charge in [-0.3, -0.25) is 10.1 Å². The zero-order valence-electron chi connectivity index (χ0n) is 16.4. The molecule has 2 aromatic carbocycles. The number of hydrogen-bond acceptors (Lipinski definition) is 4. The van der Waals surface area contributed by atoms with E-state index >= 15 is 0 Å². The molecule has 0 aliphatic carbocycles. The Hall–Kier alpha value is -3.02. The molecule has 0 heterocycles. The summed E-state index contributed by atoms with van der Waals surface area (Å²) >= 11 is 0. The van der Waals surface area contributed by atoms with Crippen LogP contribution >= 0.6 is 0 Å². The van der Waals surface area contributed by atoms with Crippen molar-refractivity contribution in [1.29, 1.82) is 0 Å². The topological polar surface area (TPSA) is 76.7 Å². The summed E-state index contributed by atoms with van der Waals surface area (Å²) in [5.41, 5.74) is 2.26. The monoisotopic (exact) mass is 370 g/mol. The van der Waals surface area contributed by atoms with Gasteiger partial charge in [0.15, 0.2) is 0 Å². The van der Waals surface area contributed by atoms with Crippen LogP contribution in [-0.2, 0) is 16.0 Å². The highest BCUT2D eigenvalue weighted by Gasteiger charge is 2.18. The molecule has 0 saturated carbocycles. The Balaban J connectivity index is 2.15. The summed E-state index contributed by atoms with van der Waals surface area (Å²) in [5.74, 6) is 0.372. The first-order valence-electron chi connectivity index (χ1n) is 8.70. The van der Waals surface area contributed by atoms with Crippen LogP contribution in [0.2, 0.25) is 0 Å². The SMILES string of the molecule is COc1ccc(NC(=O)OC(C)(C)C)c(NC(=O)Cc2cccc(C)c2)c1. The van der Waals surface area contributed by atoms with Gasteiger partial charge in [0, 0.05) is 6.07 Å². The van der Waals surface area contributed by atoms with E-state index in [4.69, 9.17) is 9.47 Å². The minimum Gasteiger partial charge on any atom is -0.497 e. The molecule has 0 bridgehead atoms. The van der Waals surface area contributed by atoms with E-state index in [1.807, 2.05) is 31.2 Å². The number of anilines is 2. The number of nitrogens with one attached hydrogen (secondary N) is 2. The zero-order chi connectivity index (χ0) is 20.0. The summed E-state index contributed by atoms with van der Waals surface area (Å²) in [7, 11) is 1.54. The molecule has 0 atom stereocenters. The molecule has 2 rings (SSSR count). The molecule has 0 saturated heterocycles. The van der Waals surface area contributed by atoms with Crippen molar-refractivity contribution in [2.45, 2.75) is 39.7 Å². The van der Waals surface area contributed by atoms with Gasteiger partial charge in [-0.25, -0.2) is 4.79 Å². The quantitative estimate of drug-likeness (QED) is 0.810. The normalized spacial score (nSPS) is 10.9. The third-order valence-electron chi connectivity index (χ3n) is 3.58. The highest BCUT2D eigenvalue weighted by molar-refractivity contribution is 5.99. The third-order valence-corrected chi connectivity index (χ3v) is 3.58. The predicted octanol–water partition coefficient (Wildman–Crippen LogP) is 4.53. The molecule has 144 valence electrons. The van der Waals surface area contributed by atoms with Crippen molar-refractivity contribution in [3.8, 4) is 5.75 Å². The van der Waals surface area contributed by atoms with Crippen LogP contribution in [0.4, 0.5) is 16.2 Å². The summed E-state index contributed by atoms with van der Waals surface area (Å²) in [5, 5.41) is 5.50. The van der Waals surface area contributed by atoms with Crippen molar-refractivity contribution in [1.82, 2.24) is 0 Å². The molecule has 0 radical (unpaired) electrons. The molecule has 0 spiro atoms. The van der Waals surface area contributed by atoms with Crippen LogP contribution in [-0.4, -0.2) is 24.7 Å². The van der Waals surface area contributed by atoms with Gasteiger partial charge in [-0.15, -0.1) is 0 Å². The van der Waals surface area contributed by atoms with E-state index in [1.165, 1.54) is 7.11 Å². The molecule has 2 N–H and O–H groups in total. The Kier molecular flexibility index (Phi) is 6.45. The zero-order valence-corrected chi connectivity index (χ0v) is 16.4. The van der Waals surface area contributed by atoms with Gasteiger partial charge in [0.25, 0.3) is 0 Å². The van der Waals surface area contributed by atoms with Crippen LogP contribution in [0, 0.1) is 6.92 Å². The Morgan fingerprint density at radius 3 is 2.37 bits per heavy atom. The molecule has 2 aromatic rings. The molecule has 0 fully saturated rings. The first-order chi connectivity index (χ1) is 12.7. The summed E-state index contributed by atoms with van der Waals surface area (Å²) < 4.78 is 10.5. The van der Waals surface area contributed by atoms with Crippen molar-refractivity contribution in [3.63, 3.8) is 0 Å². The first kappa shape index (κ1) is 20.3. The number of carbonyl (C=O) groups is 2. The van der Waals surface area contributed by atoms with Gasteiger partial charge in [0.05, 0.1) is 24.9 Å². The second-order valence-electron chi connectivity index (χ2n) is 7.25. The molecule has 6 nitrogen and oxygen atoms in total. The fraction of sp³-hybridized carbons (Fsp3) is 0.333. The van der Waals surface area contributed by atoms with E-state index in [9.17, 15) is 9.59 Å². The smallest absolute Gasteiger partial charge is 0.412 e. The Bertz CT molecular complexity index is 825. The maximum atomic E-state index is 12.5. The minimum absolute atomic E-state index is 0.193. The van der Waals surface area contributed by atoms with Gasteiger partial charge in [-0.05, 0) is 45.4 Å². The van der Waals surface area contributed by atoms with Gasteiger partial charge in [-0.1, -0.05) is 29.8 Å². The number of carbonyl (C=O) groups excluding carboxylic acids is 2. The van der Waals surface area contributed by atoms with Crippen LogP contribution in [0.5, 0.6) is 5.75 Å². The van der Waals surface area contributed by atoms with Crippen LogP contribution in [0.25, 0.3) is 0 Å². The lowest BCUT2D eigenvalue weighted by Crippen LogP contribution is -2.27. The molecule has 2 amide bonds. The largest absolute Gasteiger partial charge is 0.497 e. The molecule has 0 aromatic heterocycles. The minimum atomic E-state index is -0.620. The highest BCUT2D eigenvalue weighted by atomic mass is 16.6. The van der Waals surface area contributed by atoms with E-state index in [0.29, 0.717) is 17.1 Å². The van der Waals surface area contributed by atoms with Gasteiger partial charge in [-0.2, -0.15) is 0 Å². The third kappa shape index (κ3) is 6.66. The number of methoxy groups -OCH3 is 1. The lowest BCUT2D eigenvalue weighted by atomic mass is 10.1. The Labute approximate surface area is 159 Å². The van der Waals surface area contributed by atoms with Gasteiger partial charge in [0.1, 0.15) is 11.4 Å². The van der Waals surface area contributed by atoms with E-state index in [1.54, 1.807) is 39.0 Å². The van der Waals surface area contributed by atoms with E-state index in [-0.39, 0.29) is 12.3 Å². The van der Waals surface area contributed by atoms with E-state index in [2.05, 4.69) is 10.6 Å². The summed E-state index contributed by atoms with van der Waals surface area (Å²) in [6, 6.07) is 12.8. The van der Waals surface area contributed by atoms with Crippen molar-refractivity contribution in [2.75, 3.05) is 17.7 Å². The fourth-order valence-electron chi connectivity index (χ4n) is 2.48. The standard InChI is InChI=1S/C21H26N2O4/c1-14-7-6-8-15(11-14)12-19(24)22-18-13-16(26-5)9-10-17(18)23-20(25)27-21(2,3)4/h6-11,13H,12H2,1-5H3,(H,22,24)(H,23,25). The summed E-state index contributed by atoms with van der Waals surface area (Å²) in [4.78, 5) is 24.5. The van der Waals surface area contributed by atoms with Gasteiger partial charge < -0.3 is 14.8 Å². The fourth-order valence-corrected chi connectivity index (χ4v) is 2.48. The van der Waals surface area contributed by atoms with Crippen LogP contribution in [0.1, 0.15) is 31.9 Å². The van der Waals surface area contributed by atoms with Crippen molar-refractivity contribution < 1.29 is 19.1 Å². The second-order valence-corrected chi connectivity index (χ2v) is 7.25. The van der Waals surface area contributed by atoms with Gasteiger partial charge in [0.2, 0.25) is 5.91 Å². The van der Waals surface area contributed by atoms with Crippen LogP contribution in [0.15, 0.2) is 42.5 Å². The van der Waals surface area contributed by atoms with Crippen LogP contribution in [0.3, 0.4) is 0 Å². The second kappa shape index (κ2) is 8.58. The number of rotatable bonds is 5. The Morgan fingerprint density at radius 2 is 1.74 bits per heavy atom. The molecule has 0 unspecified atom stereocenters. The number of hydrogen-bond donors (Lipinski definition) is 2. The van der Waals surface area contributed by atoms with E-state index < -0.39 is 11.7 Å². The molecule has 0 aliphatic rings. The number of aryl methyl sites for hydroxylation is 1. The van der Waals surface area contributed by atoms with Gasteiger partial charge >= 0.3 is 6.09 Å². The lowest BCUT2D eigenvalue weighted by Gasteiger charge is -2.20. The number of benzene rings is 2. The molecule has 27 heavy (non-hydrogen) atoms. The maximum absolute atomic E-state index is 12.5. The molecular weight excluding hydrogens is 344 g/mol. The average Bonchev–Trinajstić information content (AvgIpc) is 2.54. The number of ether oxygens (including phenoxy) is 2. The number of amides is 2. The Morgan fingerprint density at radius 1 is 1.00 bits per heavy atom. The van der Waals surface area contributed by atoms with E-state index in [0.717, 1.165) is 11.1 Å². The maximum Gasteiger partial charge on any atom is 0.412 e. The molecule has 0 aliphatic heterocycles. The average molecular weight is 370 g/mol. The summed E-state index contributed by atoms with van der Waals surface area (Å²) in [6.45, 7) is 7.33. The van der Waals surface area contributed by atoms with Crippen LogP contribution < -0.4 is 15.4 Å². The first-order valence-corrected chi connectivity index (χ1v) is 8.70. The van der Waals surface area contributed by atoms with Crippen molar-refractivity contribution in [3.05, 3.63) is 53.6 Å². The van der Waals surface area contributed by atoms with Crippen molar-refractivity contribution in [2.24, 2.45) is 0 Å². The summed E-state index contributed by atoms with van der Waals surface area (Å²) in [6.07, 6.45) is -0.369. The predicted molar refractivity (Wildman–Crippen MR) is 106 cm³/mol.